The molecule has 3 unspecified atom stereocenters. The van der Waals surface area contributed by atoms with E-state index in [0.717, 1.165) is 32.2 Å². The molecule has 1 heterocycles. The van der Waals surface area contributed by atoms with Gasteiger partial charge in [-0.1, -0.05) is 12.8 Å². The normalized spacial score (nSPS) is 31.2. The second-order valence-electron chi connectivity index (χ2n) is 5.78. The van der Waals surface area contributed by atoms with E-state index in [1.54, 1.807) is 0 Å². The van der Waals surface area contributed by atoms with Gasteiger partial charge in [0.15, 0.2) is 0 Å². The van der Waals surface area contributed by atoms with Gasteiger partial charge in [-0.15, -0.1) is 0 Å². The zero-order chi connectivity index (χ0) is 13.0. The molecule has 1 aliphatic carbocycles. The highest BCUT2D eigenvalue weighted by Gasteiger charge is 2.25. The van der Waals surface area contributed by atoms with E-state index in [2.05, 4.69) is 17.6 Å². The van der Waals surface area contributed by atoms with Crippen LogP contribution in [0.5, 0.6) is 0 Å². The third-order valence-electron chi connectivity index (χ3n) is 4.08. The zero-order valence-electron chi connectivity index (χ0n) is 11.6. The van der Waals surface area contributed by atoms with Gasteiger partial charge in [-0.2, -0.15) is 0 Å². The first kappa shape index (κ1) is 13.8. The molecule has 4 nitrogen and oxygen atoms in total. The third-order valence-corrected chi connectivity index (χ3v) is 4.08. The molecule has 2 aliphatic rings. The fourth-order valence-electron chi connectivity index (χ4n) is 2.83. The molecule has 0 bridgehead atoms. The number of carbonyl (C=O) groups is 1. The van der Waals surface area contributed by atoms with E-state index in [1.807, 2.05) is 6.92 Å². The minimum Gasteiger partial charge on any atom is -0.364 e. The lowest BCUT2D eigenvalue weighted by molar-refractivity contribution is -0.136. The second kappa shape index (κ2) is 6.53. The van der Waals surface area contributed by atoms with Crippen molar-refractivity contribution in [3.8, 4) is 0 Å². The molecule has 1 amide bonds. The summed E-state index contributed by atoms with van der Waals surface area (Å²) in [7, 11) is 0. The van der Waals surface area contributed by atoms with Gasteiger partial charge in [0.2, 0.25) is 5.91 Å². The summed E-state index contributed by atoms with van der Waals surface area (Å²) in [5, 5.41) is 6.49. The fraction of sp³-hybridized carbons (Fsp3) is 0.929. The van der Waals surface area contributed by atoms with Crippen molar-refractivity contribution in [1.29, 1.82) is 0 Å². The molecule has 0 radical (unpaired) electrons. The van der Waals surface area contributed by atoms with E-state index in [-0.39, 0.29) is 18.1 Å². The summed E-state index contributed by atoms with van der Waals surface area (Å²) in [4.78, 5) is 12.0. The second-order valence-corrected chi connectivity index (χ2v) is 5.78. The molecule has 3 atom stereocenters. The predicted molar refractivity (Wildman–Crippen MR) is 71.4 cm³/mol. The van der Waals surface area contributed by atoms with Crippen LogP contribution >= 0.6 is 0 Å². The SMILES string of the molecule is CC1CCC(OC(C)C(=O)NC2CCCC2)CN1. The van der Waals surface area contributed by atoms with E-state index in [0.29, 0.717) is 12.1 Å². The molecule has 0 aromatic carbocycles. The van der Waals surface area contributed by atoms with E-state index in [4.69, 9.17) is 4.74 Å². The Morgan fingerprint density at radius 1 is 1.28 bits per heavy atom. The maximum Gasteiger partial charge on any atom is 0.249 e. The smallest absolute Gasteiger partial charge is 0.249 e. The molecule has 0 aromatic rings. The fourth-order valence-corrected chi connectivity index (χ4v) is 2.83. The lowest BCUT2D eigenvalue weighted by atomic mass is 10.0. The standard InChI is InChI=1S/C14H26N2O2/c1-10-7-8-13(9-15-10)18-11(2)14(17)16-12-5-3-4-6-12/h10-13,15H,3-9H2,1-2H3,(H,16,17). The summed E-state index contributed by atoms with van der Waals surface area (Å²) < 4.78 is 5.84. The summed E-state index contributed by atoms with van der Waals surface area (Å²) in [5.74, 6) is 0.0560. The Labute approximate surface area is 110 Å². The zero-order valence-corrected chi connectivity index (χ0v) is 11.6. The van der Waals surface area contributed by atoms with Crippen molar-refractivity contribution in [3.05, 3.63) is 0 Å². The van der Waals surface area contributed by atoms with Crippen molar-refractivity contribution in [2.75, 3.05) is 6.54 Å². The first-order chi connectivity index (χ1) is 8.65. The maximum atomic E-state index is 12.0. The molecule has 104 valence electrons. The quantitative estimate of drug-likeness (QED) is 0.801. The van der Waals surface area contributed by atoms with E-state index in [1.165, 1.54) is 12.8 Å². The van der Waals surface area contributed by atoms with Crippen molar-refractivity contribution >= 4 is 5.91 Å². The summed E-state index contributed by atoms with van der Waals surface area (Å²) in [5.41, 5.74) is 0. The molecule has 0 spiro atoms. The molecular weight excluding hydrogens is 228 g/mol. The predicted octanol–water partition coefficient (Wildman–Crippen LogP) is 1.59. The average molecular weight is 254 g/mol. The number of rotatable bonds is 4. The van der Waals surface area contributed by atoms with Gasteiger partial charge >= 0.3 is 0 Å². The first-order valence-electron chi connectivity index (χ1n) is 7.34. The van der Waals surface area contributed by atoms with Crippen LogP contribution < -0.4 is 10.6 Å². The molecular formula is C14H26N2O2. The van der Waals surface area contributed by atoms with Crippen LogP contribution in [0.1, 0.15) is 52.4 Å². The van der Waals surface area contributed by atoms with Crippen LogP contribution in [0.2, 0.25) is 0 Å². The van der Waals surface area contributed by atoms with Crippen LogP contribution in [0, 0.1) is 0 Å². The molecule has 4 heteroatoms. The Morgan fingerprint density at radius 3 is 2.61 bits per heavy atom. The van der Waals surface area contributed by atoms with Gasteiger partial charge in [0.1, 0.15) is 6.10 Å². The Balaban J connectivity index is 1.69. The number of ether oxygens (including phenoxy) is 1. The van der Waals surface area contributed by atoms with Crippen molar-refractivity contribution in [2.24, 2.45) is 0 Å². The Morgan fingerprint density at radius 2 is 2.00 bits per heavy atom. The molecule has 1 saturated heterocycles. The van der Waals surface area contributed by atoms with Gasteiger partial charge in [-0.25, -0.2) is 0 Å². The first-order valence-corrected chi connectivity index (χ1v) is 7.34. The van der Waals surface area contributed by atoms with Crippen molar-refractivity contribution in [2.45, 2.75) is 76.7 Å². The van der Waals surface area contributed by atoms with Crippen LogP contribution in [0.15, 0.2) is 0 Å². The number of piperidine rings is 1. The highest BCUT2D eigenvalue weighted by molar-refractivity contribution is 5.80. The molecule has 2 rings (SSSR count). The third kappa shape index (κ3) is 3.95. The van der Waals surface area contributed by atoms with Crippen LogP contribution in [0.3, 0.4) is 0 Å². The Bertz CT molecular complexity index is 269. The highest BCUT2D eigenvalue weighted by atomic mass is 16.5. The number of hydrogen-bond acceptors (Lipinski definition) is 3. The monoisotopic (exact) mass is 254 g/mol. The number of hydrogen-bond donors (Lipinski definition) is 2. The molecule has 1 saturated carbocycles. The minimum absolute atomic E-state index is 0.0560. The average Bonchev–Trinajstić information content (AvgIpc) is 2.85. The van der Waals surface area contributed by atoms with Crippen LogP contribution in [0.25, 0.3) is 0 Å². The van der Waals surface area contributed by atoms with Gasteiger partial charge in [0.25, 0.3) is 0 Å². The number of amides is 1. The van der Waals surface area contributed by atoms with Gasteiger partial charge < -0.3 is 15.4 Å². The Hall–Kier alpha value is -0.610. The topological polar surface area (TPSA) is 50.4 Å². The molecule has 18 heavy (non-hydrogen) atoms. The van der Waals surface area contributed by atoms with E-state index < -0.39 is 0 Å². The lowest BCUT2D eigenvalue weighted by Gasteiger charge is -2.29. The molecule has 2 fully saturated rings. The number of nitrogens with one attached hydrogen (secondary N) is 2. The number of carbonyl (C=O) groups excluding carboxylic acids is 1. The Kier molecular flexibility index (Phi) is 5.01. The van der Waals surface area contributed by atoms with Gasteiger partial charge in [-0.3, -0.25) is 4.79 Å². The van der Waals surface area contributed by atoms with Crippen molar-refractivity contribution < 1.29 is 9.53 Å². The van der Waals surface area contributed by atoms with Crippen molar-refractivity contribution in [1.82, 2.24) is 10.6 Å². The molecule has 1 aliphatic heterocycles. The summed E-state index contributed by atoms with van der Waals surface area (Å²) in [6.45, 7) is 4.91. The van der Waals surface area contributed by atoms with Crippen LogP contribution in [0.4, 0.5) is 0 Å². The van der Waals surface area contributed by atoms with Gasteiger partial charge in [0.05, 0.1) is 6.10 Å². The molecule has 2 N–H and O–H groups in total. The van der Waals surface area contributed by atoms with E-state index in [9.17, 15) is 4.79 Å². The van der Waals surface area contributed by atoms with Crippen molar-refractivity contribution in [3.63, 3.8) is 0 Å². The maximum absolute atomic E-state index is 12.0. The largest absolute Gasteiger partial charge is 0.364 e. The summed E-state index contributed by atoms with van der Waals surface area (Å²) >= 11 is 0. The molecule has 0 aromatic heterocycles. The summed E-state index contributed by atoms with van der Waals surface area (Å²) in [6.07, 6.45) is 6.77. The van der Waals surface area contributed by atoms with Crippen LogP contribution in [-0.2, 0) is 9.53 Å². The lowest BCUT2D eigenvalue weighted by Crippen LogP contribution is -2.46. The van der Waals surface area contributed by atoms with Gasteiger partial charge in [-0.05, 0) is 39.5 Å². The van der Waals surface area contributed by atoms with E-state index >= 15 is 0 Å². The highest BCUT2D eigenvalue weighted by Crippen LogP contribution is 2.18. The summed E-state index contributed by atoms with van der Waals surface area (Å²) in [6, 6.07) is 0.959. The van der Waals surface area contributed by atoms with Crippen LogP contribution in [-0.4, -0.2) is 36.7 Å². The van der Waals surface area contributed by atoms with Gasteiger partial charge in [0, 0.05) is 18.6 Å². The minimum atomic E-state index is -0.328.